The van der Waals surface area contributed by atoms with Gasteiger partial charge in [-0.25, -0.2) is 10.0 Å². The zero-order chi connectivity index (χ0) is 17.6. The van der Waals surface area contributed by atoms with Crippen LogP contribution in [0.15, 0.2) is 42.5 Å². The molecule has 0 saturated carbocycles. The van der Waals surface area contributed by atoms with Crippen LogP contribution in [0.5, 0.6) is 5.75 Å². The van der Waals surface area contributed by atoms with Crippen LogP contribution in [0, 0.1) is 0 Å². The predicted molar refractivity (Wildman–Crippen MR) is 95.6 cm³/mol. The van der Waals surface area contributed by atoms with E-state index in [-0.39, 0.29) is 5.91 Å². The van der Waals surface area contributed by atoms with E-state index in [1.807, 2.05) is 42.5 Å². The van der Waals surface area contributed by atoms with Crippen molar-refractivity contribution in [3.63, 3.8) is 0 Å². The summed E-state index contributed by atoms with van der Waals surface area (Å²) in [5.41, 5.74) is 5.43. The number of nitrogens with zero attached hydrogens (tertiary/aromatic N) is 2. The number of fused-ring (bicyclic) bond motifs is 4. The quantitative estimate of drug-likeness (QED) is 0.539. The van der Waals surface area contributed by atoms with Gasteiger partial charge in [-0.15, -0.1) is 0 Å². The first kappa shape index (κ1) is 15.6. The topological polar surface area (TPSA) is 51.7 Å². The molecule has 1 heterocycles. The highest BCUT2D eigenvalue weighted by Gasteiger charge is 2.29. The zero-order valence-electron chi connectivity index (χ0n) is 14.4. The lowest BCUT2D eigenvalue weighted by molar-refractivity contribution is -0.0756. The maximum Gasteiger partial charge on any atom is 0.278 e. The number of benzene rings is 2. The van der Waals surface area contributed by atoms with Gasteiger partial charge in [-0.2, -0.15) is 0 Å². The molecule has 0 unspecified atom stereocenters. The average Bonchev–Trinajstić information content (AvgIpc) is 3.01. The Balaban J connectivity index is 2.00. The van der Waals surface area contributed by atoms with Crippen LogP contribution in [0.3, 0.4) is 0 Å². The van der Waals surface area contributed by atoms with Gasteiger partial charge in [-0.05, 0) is 35.4 Å². The SMILES string of the molecule is COc1ccc2c(c1)Cc1c-2nc2ccccc2c1C(=O)N(C)OC. The molecule has 1 aliphatic carbocycles. The summed E-state index contributed by atoms with van der Waals surface area (Å²) in [5.74, 6) is 0.634. The summed E-state index contributed by atoms with van der Waals surface area (Å²) >= 11 is 0. The van der Waals surface area contributed by atoms with Crippen LogP contribution >= 0.6 is 0 Å². The van der Waals surface area contributed by atoms with Crippen molar-refractivity contribution >= 4 is 16.8 Å². The summed E-state index contributed by atoms with van der Waals surface area (Å²) in [4.78, 5) is 22.9. The molecule has 0 radical (unpaired) electrons. The van der Waals surface area contributed by atoms with Crippen molar-refractivity contribution in [2.75, 3.05) is 21.3 Å². The number of para-hydroxylation sites is 1. The molecule has 0 saturated heterocycles. The standard InChI is InChI=1S/C20H18N2O3/c1-22(25-3)20(23)18-15-6-4-5-7-17(15)21-19-14-9-8-13(24-2)10-12(14)11-16(18)19/h4-10H,11H2,1-3H3. The number of carbonyl (C=O) groups is 1. The molecule has 5 heteroatoms. The molecule has 126 valence electrons. The van der Waals surface area contributed by atoms with E-state index >= 15 is 0 Å². The Morgan fingerprint density at radius 1 is 1.16 bits per heavy atom. The number of methoxy groups -OCH3 is 1. The fourth-order valence-electron chi connectivity index (χ4n) is 3.40. The van der Waals surface area contributed by atoms with Crippen molar-refractivity contribution in [3.8, 4) is 17.0 Å². The zero-order valence-corrected chi connectivity index (χ0v) is 14.4. The second kappa shape index (κ2) is 5.86. The monoisotopic (exact) mass is 334 g/mol. The molecular weight excluding hydrogens is 316 g/mol. The maximum atomic E-state index is 13.0. The van der Waals surface area contributed by atoms with Gasteiger partial charge in [0.15, 0.2) is 0 Å². The fourth-order valence-corrected chi connectivity index (χ4v) is 3.40. The number of hydroxylamine groups is 2. The summed E-state index contributed by atoms with van der Waals surface area (Å²) in [6.45, 7) is 0. The number of aromatic nitrogens is 1. The molecule has 0 fully saturated rings. The minimum Gasteiger partial charge on any atom is -0.497 e. The van der Waals surface area contributed by atoms with Crippen LogP contribution in [0.1, 0.15) is 21.5 Å². The van der Waals surface area contributed by atoms with E-state index in [0.29, 0.717) is 12.0 Å². The first-order valence-electron chi connectivity index (χ1n) is 8.05. The van der Waals surface area contributed by atoms with Crippen LogP contribution < -0.4 is 4.74 Å². The summed E-state index contributed by atoms with van der Waals surface area (Å²) in [6.07, 6.45) is 0.651. The Kier molecular flexibility index (Phi) is 3.66. The second-order valence-corrected chi connectivity index (χ2v) is 6.02. The van der Waals surface area contributed by atoms with Crippen molar-refractivity contribution in [2.24, 2.45) is 0 Å². The number of hydrogen-bond donors (Lipinski definition) is 0. The molecule has 0 bridgehead atoms. The van der Waals surface area contributed by atoms with E-state index in [0.717, 1.165) is 39.0 Å². The van der Waals surface area contributed by atoms with E-state index in [4.69, 9.17) is 14.6 Å². The van der Waals surface area contributed by atoms with Crippen molar-refractivity contribution in [1.29, 1.82) is 0 Å². The summed E-state index contributed by atoms with van der Waals surface area (Å²) < 4.78 is 5.33. The minimum atomic E-state index is -0.169. The molecule has 5 nitrogen and oxygen atoms in total. The molecular formula is C20H18N2O3. The summed E-state index contributed by atoms with van der Waals surface area (Å²) in [7, 11) is 4.76. The van der Waals surface area contributed by atoms with E-state index in [2.05, 4.69) is 0 Å². The number of ether oxygens (including phenoxy) is 1. The molecule has 0 spiro atoms. The molecule has 25 heavy (non-hydrogen) atoms. The van der Waals surface area contributed by atoms with Crippen LogP contribution in [0.4, 0.5) is 0 Å². The van der Waals surface area contributed by atoms with Crippen molar-refractivity contribution < 1.29 is 14.4 Å². The molecule has 0 aliphatic heterocycles. The van der Waals surface area contributed by atoms with Gasteiger partial charge in [0.25, 0.3) is 5.91 Å². The third-order valence-corrected chi connectivity index (χ3v) is 4.70. The molecule has 2 aromatic carbocycles. The Morgan fingerprint density at radius 3 is 2.72 bits per heavy atom. The first-order chi connectivity index (χ1) is 12.1. The lowest BCUT2D eigenvalue weighted by Gasteiger charge is -2.17. The van der Waals surface area contributed by atoms with E-state index in [1.165, 1.54) is 12.2 Å². The summed E-state index contributed by atoms with van der Waals surface area (Å²) in [5, 5.41) is 2.10. The Labute approximate surface area is 145 Å². The van der Waals surface area contributed by atoms with Gasteiger partial charge in [0.2, 0.25) is 0 Å². The molecule has 0 N–H and O–H groups in total. The summed E-state index contributed by atoms with van der Waals surface area (Å²) in [6, 6.07) is 13.7. The molecule has 4 rings (SSSR count). The average molecular weight is 334 g/mol. The fraction of sp³-hybridized carbons (Fsp3) is 0.200. The Morgan fingerprint density at radius 2 is 1.96 bits per heavy atom. The molecule has 1 aromatic heterocycles. The number of carbonyl (C=O) groups excluding carboxylic acids is 1. The van der Waals surface area contributed by atoms with Crippen LogP contribution in [-0.4, -0.2) is 37.2 Å². The normalized spacial score (nSPS) is 12.0. The van der Waals surface area contributed by atoms with Gasteiger partial charge in [-0.1, -0.05) is 18.2 Å². The molecule has 3 aromatic rings. The third kappa shape index (κ3) is 2.36. The van der Waals surface area contributed by atoms with E-state index < -0.39 is 0 Å². The van der Waals surface area contributed by atoms with Crippen LogP contribution in [-0.2, 0) is 11.3 Å². The minimum absolute atomic E-state index is 0.169. The lowest BCUT2D eigenvalue weighted by Crippen LogP contribution is -2.26. The first-order valence-corrected chi connectivity index (χ1v) is 8.05. The molecule has 1 amide bonds. The predicted octanol–water partition coefficient (Wildman–Crippen LogP) is 3.45. The van der Waals surface area contributed by atoms with Gasteiger partial charge < -0.3 is 4.74 Å². The van der Waals surface area contributed by atoms with Gasteiger partial charge in [0.05, 0.1) is 31.0 Å². The molecule has 1 aliphatic rings. The highest BCUT2D eigenvalue weighted by Crippen LogP contribution is 2.41. The number of hydrogen-bond acceptors (Lipinski definition) is 4. The van der Waals surface area contributed by atoms with Crippen molar-refractivity contribution in [3.05, 3.63) is 59.2 Å². The number of pyridine rings is 1. The smallest absolute Gasteiger partial charge is 0.278 e. The third-order valence-electron chi connectivity index (χ3n) is 4.70. The molecule has 0 atom stereocenters. The largest absolute Gasteiger partial charge is 0.497 e. The van der Waals surface area contributed by atoms with Crippen LogP contribution in [0.2, 0.25) is 0 Å². The highest BCUT2D eigenvalue weighted by molar-refractivity contribution is 6.09. The van der Waals surface area contributed by atoms with Gasteiger partial charge in [0, 0.05) is 24.4 Å². The Hall–Kier alpha value is -2.92. The van der Waals surface area contributed by atoms with Crippen molar-refractivity contribution in [1.82, 2.24) is 10.0 Å². The van der Waals surface area contributed by atoms with Crippen LogP contribution in [0.25, 0.3) is 22.2 Å². The van der Waals surface area contributed by atoms with Gasteiger partial charge >= 0.3 is 0 Å². The lowest BCUT2D eigenvalue weighted by atomic mass is 9.99. The maximum absolute atomic E-state index is 13.0. The number of rotatable bonds is 3. The van der Waals surface area contributed by atoms with E-state index in [9.17, 15) is 4.79 Å². The van der Waals surface area contributed by atoms with Gasteiger partial charge in [-0.3, -0.25) is 9.63 Å². The van der Waals surface area contributed by atoms with Gasteiger partial charge in [0.1, 0.15) is 5.75 Å². The van der Waals surface area contributed by atoms with E-state index in [1.54, 1.807) is 14.2 Å². The Bertz CT molecular complexity index is 998. The highest BCUT2D eigenvalue weighted by atomic mass is 16.7. The second-order valence-electron chi connectivity index (χ2n) is 6.02. The number of amides is 1. The van der Waals surface area contributed by atoms with Crippen molar-refractivity contribution in [2.45, 2.75) is 6.42 Å².